The van der Waals surface area contributed by atoms with Crippen molar-refractivity contribution < 1.29 is 9.47 Å². The fourth-order valence-electron chi connectivity index (χ4n) is 0.732. The van der Waals surface area contributed by atoms with E-state index in [0.29, 0.717) is 0 Å². The van der Waals surface area contributed by atoms with Crippen molar-refractivity contribution in [3.8, 4) is 0 Å². The molecule has 0 radical (unpaired) electrons. The molecule has 0 saturated heterocycles. The molecule has 0 fully saturated rings. The molecule has 2 nitrogen and oxygen atoms in total. The first-order valence-corrected chi connectivity index (χ1v) is 3.76. The quantitative estimate of drug-likeness (QED) is 0.602. The molecule has 0 amide bonds. The van der Waals surface area contributed by atoms with Crippen LogP contribution in [0.4, 0.5) is 0 Å². The van der Waals surface area contributed by atoms with Crippen LogP contribution in [0.2, 0.25) is 0 Å². The van der Waals surface area contributed by atoms with E-state index in [1.54, 1.807) is 7.11 Å². The highest BCUT2D eigenvalue weighted by Crippen LogP contribution is 2.04. The monoisotopic (exact) mass is 146 g/mol. The van der Waals surface area contributed by atoms with Crippen molar-refractivity contribution in [2.45, 2.75) is 46.0 Å². The van der Waals surface area contributed by atoms with Gasteiger partial charge in [0.2, 0.25) is 0 Å². The molecule has 0 aliphatic heterocycles. The van der Waals surface area contributed by atoms with Gasteiger partial charge in [0.1, 0.15) is 0 Å². The van der Waals surface area contributed by atoms with Crippen molar-refractivity contribution in [3.63, 3.8) is 0 Å². The Morgan fingerprint density at radius 3 is 1.70 bits per heavy atom. The van der Waals surface area contributed by atoms with Crippen molar-refractivity contribution in [2.24, 2.45) is 0 Å². The Balaban J connectivity index is 3.50. The fraction of sp³-hybridized carbons (Fsp3) is 1.00. The fourth-order valence-corrected chi connectivity index (χ4v) is 0.732. The van der Waals surface area contributed by atoms with Gasteiger partial charge in [-0.05, 0) is 27.7 Å². The van der Waals surface area contributed by atoms with Gasteiger partial charge in [-0.25, -0.2) is 0 Å². The Bertz CT molecular complexity index is 81.3. The summed E-state index contributed by atoms with van der Waals surface area (Å²) >= 11 is 0. The van der Waals surface area contributed by atoms with E-state index in [9.17, 15) is 0 Å². The second kappa shape index (κ2) is 4.69. The average Bonchev–Trinajstić information content (AvgIpc) is 1.85. The molecule has 0 aromatic heterocycles. The van der Waals surface area contributed by atoms with E-state index < -0.39 is 0 Å². The van der Waals surface area contributed by atoms with Gasteiger partial charge in [0.05, 0.1) is 18.3 Å². The predicted molar refractivity (Wildman–Crippen MR) is 42.2 cm³/mol. The van der Waals surface area contributed by atoms with Crippen LogP contribution in [-0.2, 0) is 9.47 Å². The summed E-state index contributed by atoms with van der Waals surface area (Å²) in [6.07, 6.45) is 0.653. The van der Waals surface area contributed by atoms with Crippen molar-refractivity contribution in [2.75, 3.05) is 7.11 Å². The number of hydrogen-bond acceptors (Lipinski definition) is 2. The van der Waals surface area contributed by atoms with Crippen LogP contribution in [0, 0.1) is 0 Å². The van der Waals surface area contributed by atoms with Gasteiger partial charge in [0, 0.05) is 7.11 Å². The van der Waals surface area contributed by atoms with E-state index in [0.717, 1.165) is 0 Å². The maximum absolute atomic E-state index is 5.48. The summed E-state index contributed by atoms with van der Waals surface area (Å²) in [5.41, 5.74) is 0. The predicted octanol–water partition coefficient (Wildman–Crippen LogP) is 1.83. The second-order valence-electron chi connectivity index (χ2n) is 2.83. The van der Waals surface area contributed by atoms with Crippen LogP contribution in [0.5, 0.6) is 0 Å². The van der Waals surface area contributed by atoms with Crippen molar-refractivity contribution in [3.05, 3.63) is 0 Å². The van der Waals surface area contributed by atoms with E-state index >= 15 is 0 Å². The van der Waals surface area contributed by atoms with Crippen LogP contribution in [0.25, 0.3) is 0 Å². The third-order valence-electron chi connectivity index (χ3n) is 1.52. The minimum absolute atomic E-state index is 0.183. The minimum Gasteiger partial charge on any atom is -0.379 e. The minimum atomic E-state index is 0.183. The number of methoxy groups -OCH3 is 1. The third kappa shape index (κ3) is 3.85. The molecule has 2 atom stereocenters. The van der Waals surface area contributed by atoms with Gasteiger partial charge in [-0.2, -0.15) is 0 Å². The van der Waals surface area contributed by atoms with Crippen molar-refractivity contribution in [1.29, 1.82) is 0 Å². The Hall–Kier alpha value is -0.0800. The molecule has 0 bridgehead atoms. The molecule has 2 heteroatoms. The topological polar surface area (TPSA) is 18.5 Å². The molecule has 2 unspecified atom stereocenters. The Kier molecular flexibility index (Phi) is 4.65. The Labute approximate surface area is 63.5 Å². The lowest BCUT2D eigenvalue weighted by Crippen LogP contribution is -2.27. The van der Waals surface area contributed by atoms with E-state index in [2.05, 4.69) is 0 Å². The zero-order chi connectivity index (χ0) is 8.15. The number of hydrogen-bond donors (Lipinski definition) is 0. The van der Waals surface area contributed by atoms with Crippen molar-refractivity contribution >= 4 is 0 Å². The van der Waals surface area contributed by atoms with Gasteiger partial charge >= 0.3 is 0 Å². The third-order valence-corrected chi connectivity index (χ3v) is 1.52. The summed E-state index contributed by atoms with van der Waals surface area (Å²) in [7, 11) is 1.70. The molecule has 0 aromatic carbocycles. The molecule has 0 heterocycles. The molecule has 0 saturated carbocycles. The van der Waals surface area contributed by atoms with E-state index in [4.69, 9.17) is 9.47 Å². The normalized spacial score (nSPS) is 17.4. The van der Waals surface area contributed by atoms with Crippen molar-refractivity contribution in [1.82, 2.24) is 0 Å². The largest absolute Gasteiger partial charge is 0.379 e. The highest BCUT2D eigenvalue weighted by Gasteiger charge is 2.12. The summed E-state index contributed by atoms with van der Waals surface area (Å²) in [4.78, 5) is 0. The first-order valence-electron chi connectivity index (χ1n) is 3.76. The van der Waals surface area contributed by atoms with Crippen LogP contribution in [0.3, 0.4) is 0 Å². The maximum Gasteiger partial charge on any atom is 0.0809 e. The molecular weight excluding hydrogens is 128 g/mol. The highest BCUT2D eigenvalue weighted by atomic mass is 16.5. The average molecular weight is 146 g/mol. The molecular formula is C8H18O2. The summed E-state index contributed by atoms with van der Waals surface area (Å²) in [6.45, 7) is 8.08. The summed E-state index contributed by atoms with van der Waals surface area (Å²) in [5.74, 6) is 0. The van der Waals surface area contributed by atoms with Crippen LogP contribution >= 0.6 is 0 Å². The molecule has 0 rings (SSSR count). The van der Waals surface area contributed by atoms with Crippen LogP contribution in [-0.4, -0.2) is 25.4 Å². The highest BCUT2D eigenvalue weighted by molar-refractivity contribution is 4.59. The van der Waals surface area contributed by atoms with Gasteiger partial charge in [-0.1, -0.05) is 0 Å². The molecule has 0 aromatic rings. The maximum atomic E-state index is 5.48. The molecule has 10 heavy (non-hydrogen) atoms. The number of rotatable bonds is 4. The second-order valence-corrected chi connectivity index (χ2v) is 2.83. The Morgan fingerprint density at radius 2 is 1.40 bits per heavy atom. The van der Waals surface area contributed by atoms with Crippen LogP contribution in [0.1, 0.15) is 27.7 Å². The summed E-state index contributed by atoms with van der Waals surface area (Å²) < 4.78 is 10.6. The zero-order valence-electron chi connectivity index (χ0n) is 7.55. The lowest BCUT2D eigenvalue weighted by Gasteiger charge is -2.21. The first-order chi connectivity index (χ1) is 4.57. The van der Waals surface area contributed by atoms with Gasteiger partial charge in [0.25, 0.3) is 0 Å². The smallest absolute Gasteiger partial charge is 0.0809 e. The van der Waals surface area contributed by atoms with Crippen LogP contribution < -0.4 is 0 Å². The van der Waals surface area contributed by atoms with Gasteiger partial charge in [0.15, 0.2) is 0 Å². The van der Waals surface area contributed by atoms with Crippen LogP contribution in [0.15, 0.2) is 0 Å². The first kappa shape index (κ1) is 9.92. The van der Waals surface area contributed by atoms with E-state index in [1.807, 2.05) is 27.7 Å². The standard InChI is InChI=1S/C8H18O2/c1-6(2)10-8(4)7(3)9-5/h6-8H,1-5H3. The summed E-state index contributed by atoms with van der Waals surface area (Å²) in [5, 5.41) is 0. The molecule has 62 valence electrons. The lowest BCUT2D eigenvalue weighted by molar-refractivity contribution is -0.0629. The Morgan fingerprint density at radius 1 is 0.900 bits per heavy atom. The molecule has 0 aliphatic carbocycles. The molecule has 0 spiro atoms. The lowest BCUT2D eigenvalue weighted by atomic mass is 10.2. The van der Waals surface area contributed by atoms with Gasteiger partial charge < -0.3 is 9.47 Å². The van der Waals surface area contributed by atoms with Gasteiger partial charge in [-0.15, -0.1) is 0 Å². The molecule has 0 N–H and O–H groups in total. The van der Waals surface area contributed by atoms with Gasteiger partial charge in [-0.3, -0.25) is 0 Å². The molecule has 0 aliphatic rings. The SMILES string of the molecule is COC(C)C(C)OC(C)C. The van der Waals surface area contributed by atoms with E-state index in [1.165, 1.54) is 0 Å². The zero-order valence-corrected chi connectivity index (χ0v) is 7.55. The number of ether oxygens (including phenoxy) is 2. The summed E-state index contributed by atoms with van der Waals surface area (Å²) in [6, 6.07) is 0. The van der Waals surface area contributed by atoms with E-state index in [-0.39, 0.29) is 18.3 Å².